The lowest BCUT2D eigenvalue weighted by Crippen LogP contribution is -2.52. The molecule has 0 unspecified atom stereocenters. The van der Waals surface area contributed by atoms with Gasteiger partial charge < -0.3 is 20.1 Å². The van der Waals surface area contributed by atoms with Gasteiger partial charge in [0.05, 0.1) is 11.5 Å². The highest BCUT2D eigenvalue weighted by Crippen LogP contribution is 2.37. The second-order valence-corrected chi connectivity index (χ2v) is 6.66. The lowest BCUT2D eigenvalue weighted by molar-refractivity contribution is -0.182. The Bertz CT molecular complexity index is 415. The van der Waals surface area contributed by atoms with Crippen LogP contribution < -0.4 is 10.6 Å². The van der Waals surface area contributed by atoms with E-state index in [9.17, 15) is 13.2 Å². The molecule has 140 valence electrons. The molecule has 0 spiro atoms. The average molecular weight is 351 g/mol. The Labute approximate surface area is 141 Å². The first kappa shape index (κ1) is 19.3. The highest BCUT2D eigenvalue weighted by molar-refractivity contribution is 5.80. The number of hydrogen-bond acceptors (Lipinski definition) is 3. The van der Waals surface area contributed by atoms with Crippen molar-refractivity contribution >= 4 is 5.96 Å². The molecule has 0 bridgehead atoms. The van der Waals surface area contributed by atoms with Crippen molar-refractivity contribution in [2.45, 2.75) is 56.3 Å². The van der Waals surface area contributed by atoms with Crippen LogP contribution in [-0.2, 0) is 9.47 Å². The summed E-state index contributed by atoms with van der Waals surface area (Å²) >= 11 is 0. The van der Waals surface area contributed by atoms with Crippen LogP contribution in [0.5, 0.6) is 0 Å². The highest BCUT2D eigenvalue weighted by Gasteiger charge is 2.41. The zero-order valence-electron chi connectivity index (χ0n) is 14.4. The maximum absolute atomic E-state index is 12.7. The lowest BCUT2D eigenvalue weighted by atomic mass is 9.85. The first-order valence-corrected chi connectivity index (χ1v) is 8.55. The van der Waals surface area contributed by atoms with E-state index in [-0.39, 0.29) is 24.5 Å². The first-order chi connectivity index (χ1) is 11.4. The van der Waals surface area contributed by atoms with Crippen LogP contribution in [-0.4, -0.2) is 57.7 Å². The van der Waals surface area contributed by atoms with Gasteiger partial charge in [-0.15, -0.1) is 0 Å². The minimum Gasteiger partial charge on any atom is -0.381 e. The molecule has 2 N–H and O–H groups in total. The van der Waals surface area contributed by atoms with Crippen molar-refractivity contribution in [3.63, 3.8) is 0 Å². The van der Waals surface area contributed by atoms with Crippen LogP contribution in [0.3, 0.4) is 0 Å². The largest absolute Gasteiger partial charge is 0.391 e. The van der Waals surface area contributed by atoms with E-state index >= 15 is 0 Å². The van der Waals surface area contributed by atoms with Crippen LogP contribution in [0.1, 0.15) is 38.5 Å². The summed E-state index contributed by atoms with van der Waals surface area (Å²) in [6, 6.07) is 0.0305. The van der Waals surface area contributed by atoms with Gasteiger partial charge in [0.1, 0.15) is 0 Å². The second-order valence-electron chi connectivity index (χ2n) is 6.66. The van der Waals surface area contributed by atoms with E-state index in [0.717, 1.165) is 12.8 Å². The van der Waals surface area contributed by atoms with Gasteiger partial charge in [-0.1, -0.05) is 0 Å². The molecule has 0 amide bonds. The molecular weight excluding hydrogens is 323 g/mol. The molecule has 1 aliphatic heterocycles. The highest BCUT2D eigenvalue weighted by atomic mass is 19.4. The minimum absolute atomic E-state index is 0.0305. The number of methoxy groups -OCH3 is 1. The molecule has 0 radical (unpaired) electrons. The van der Waals surface area contributed by atoms with Crippen LogP contribution in [0.25, 0.3) is 0 Å². The molecule has 1 saturated carbocycles. The summed E-state index contributed by atoms with van der Waals surface area (Å²) in [6.07, 6.45) is -1.08. The van der Waals surface area contributed by atoms with Gasteiger partial charge >= 0.3 is 6.18 Å². The molecule has 1 aliphatic carbocycles. The zero-order valence-corrected chi connectivity index (χ0v) is 14.4. The number of aliphatic imine (C=N–C) groups is 1. The van der Waals surface area contributed by atoms with E-state index in [1.54, 1.807) is 14.2 Å². The molecule has 2 aliphatic rings. The van der Waals surface area contributed by atoms with E-state index in [1.807, 2.05) is 0 Å². The summed E-state index contributed by atoms with van der Waals surface area (Å²) in [5.74, 6) is -0.544. The van der Waals surface area contributed by atoms with Crippen molar-refractivity contribution in [3.8, 4) is 0 Å². The molecule has 8 heteroatoms. The quantitative estimate of drug-likeness (QED) is 0.604. The molecule has 2 fully saturated rings. The Hall–Kier alpha value is -1.02. The van der Waals surface area contributed by atoms with Crippen molar-refractivity contribution in [3.05, 3.63) is 0 Å². The minimum atomic E-state index is -4.07. The molecule has 1 heterocycles. The van der Waals surface area contributed by atoms with Gasteiger partial charge in [0.2, 0.25) is 0 Å². The van der Waals surface area contributed by atoms with Crippen molar-refractivity contribution < 1.29 is 22.6 Å². The number of nitrogens with zero attached hydrogens (tertiary/aromatic N) is 1. The fraction of sp³-hybridized carbons (Fsp3) is 0.938. The van der Waals surface area contributed by atoms with Gasteiger partial charge in [-0.3, -0.25) is 4.99 Å². The molecule has 0 aromatic rings. The number of halogens is 3. The van der Waals surface area contributed by atoms with Crippen LogP contribution in [0, 0.1) is 5.92 Å². The van der Waals surface area contributed by atoms with E-state index in [0.29, 0.717) is 38.6 Å². The number of hydrogen-bond donors (Lipinski definition) is 2. The first-order valence-electron chi connectivity index (χ1n) is 8.55. The van der Waals surface area contributed by atoms with Crippen LogP contribution in [0.15, 0.2) is 4.99 Å². The number of guanidine groups is 1. The van der Waals surface area contributed by atoms with Gasteiger partial charge in [-0.25, -0.2) is 0 Å². The molecule has 0 atom stereocenters. The van der Waals surface area contributed by atoms with E-state index in [1.165, 1.54) is 0 Å². The van der Waals surface area contributed by atoms with Gasteiger partial charge in [-0.2, -0.15) is 13.2 Å². The standard InChI is InChI=1S/C16H28F3N3O2/c1-20-14(21-11-15(23-2)7-9-24-10-8-15)22-13-5-3-12(4-6-13)16(17,18)19/h12-13H,3-11H2,1-2H3,(H2,20,21,22). The van der Waals surface area contributed by atoms with E-state index in [2.05, 4.69) is 15.6 Å². The topological polar surface area (TPSA) is 54.9 Å². The predicted octanol–water partition coefficient (Wildman–Crippen LogP) is 2.47. The Morgan fingerprint density at radius 2 is 1.83 bits per heavy atom. The summed E-state index contributed by atoms with van der Waals surface area (Å²) < 4.78 is 49.2. The number of rotatable bonds is 4. The van der Waals surface area contributed by atoms with Gasteiger partial charge in [0.25, 0.3) is 0 Å². The van der Waals surface area contributed by atoms with E-state index in [4.69, 9.17) is 9.47 Å². The predicted molar refractivity (Wildman–Crippen MR) is 86.1 cm³/mol. The second kappa shape index (κ2) is 8.38. The number of nitrogens with one attached hydrogen (secondary N) is 2. The summed E-state index contributed by atoms with van der Waals surface area (Å²) in [6.45, 7) is 1.94. The SMILES string of the molecule is CN=C(NCC1(OC)CCOCC1)NC1CCC(C(F)(F)F)CC1. The molecular formula is C16H28F3N3O2. The van der Waals surface area contributed by atoms with Crippen molar-refractivity contribution in [2.75, 3.05) is 33.9 Å². The number of alkyl halides is 3. The Morgan fingerprint density at radius 1 is 1.21 bits per heavy atom. The van der Waals surface area contributed by atoms with Crippen LogP contribution in [0.2, 0.25) is 0 Å². The normalized spacial score (nSPS) is 28.5. The molecule has 1 saturated heterocycles. The number of ether oxygens (including phenoxy) is 2. The molecule has 0 aromatic carbocycles. The van der Waals surface area contributed by atoms with Gasteiger partial charge in [0, 0.05) is 52.8 Å². The van der Waals surface area contributed by atoms with Gasteiger partial charge in [0.15, 0.2) is 5.96 Å². The molecule has 24 heavy (non-hydrogen) atoms. The van der Waals surface area contributed by atoms with Crippen molar-refractivity contribution in [2.24, 2.45) is 10.9 Å². The third-order valence-corrected chi connectivity index (χ3v) is 5.17. The summed E-state index contributed by atoms with van der Waals surface area (Å²) in [5.41, 5.74) is -0.274. The van der Waals surface area contributed by atoms with Crippen LogP contribution in [0.4, 0.5) is 13.2 Å². The fourth-order valence-electron chi connectivity index (χ4n) is 3.39. The fourth-order valence-corrected chi connectivity index (χ4v) is 3.39. The van der Waals surface area contributed by atoms with Crippen molar-refractivity contribution in [1.29, 1.82) is 0 Å². The summed E-state index contributed by atoms with van der Waals surface area (Å²) in [7, 11) is 3.36. The third-order valence-electron chi connectivity index (χ3n) is 5.17. The average Bonchev–Trinajstić information content (AvgIpc) is 2.59. The zero-order chi connectivity index (χ0) is 17.6. The maximum Gasteiger partial charge on any atom is 0.391 e. The van der Waals surface area contributed by atoms with Gasteiger partial charge in [-0.05, 0) is 25.7 Å². The monoisotopic (exact) mass is 351 g/mol. The maximum atomic E-state index is 12.7. The lowest BCUT2D eigenvalue weighted by Gasteiger charge is -2.37. The Morgan fingerprint density at radius 3 is 2.33 bits per heavy atom. The summed E-state index contributed by atoms with van der Waals surface area (Å²) in [4.78, 5) is 4.19. The molecule has 2 rings (SSSR count). The molecule has 5 nitrogen and oxygen atoms in total. The van der Waals surface area contributed by atoms with Crippen LogP contribution >= 0.6 is 0 Å². The smallest absolute Gasteiger partial charge is 0.381 e. The Balaban J connectivity index is 1.79. The molecule has 0 aromatic heterocycles. The van der Waals surface area contributed by atoms with Crippen molar-refractivity contribution in [1.82, 2.24) is 10.6 Å². The Kier molecular flexibility index (Phi) is 6.74. The third kappa shape index (κ3) is 5.24. The van der Waals surface area contributed by atoms with E-state index < -0.39 is 12.1 Å². The summed E-state index contributed by atoms with van der Waals surface area (Å²) in [5, 5.41) is 6.50.